The number of benzene rings is 2. The molecule has 0 saturated carbocycles. The lowest BCUT2D eigenvalue weighted by atomic mass is 10.2. The third-order valence-corrected chi connectivity index (χ3v) is 4.43. The second-order valence-electron chi connectivity index (χ2n) is 5.69. The number of amides is 1. The molecular weight excluding hydrogens is 389 g/mol. The summed E-state index contributed by atoms with van der Waals surface area (Å²) in [4.78, 5) is 16.6. The Labute approximate surface area is 166 Å². The zero-order valence-corrected chi connectivity index (χ0v) is 16.2. The zero-order valence-electron chi connectivity index (χ0n) is 14.7. The molecule has 0 radical (unpaired) electrons. The highest BCUT2D eigenvalue weighted by Crippen LogP contribution is 2.34. The molecule has 1 heterocycles. The predicted molar refractivity (Wildman–Crippen MR) is 105 cm³/mol. The van der Waals surface area contributed by atoms with Gasteiger partial charge in [-0.2, -0.15) is 0 Å². The number of nitrogens with zero attached hydrogens (tertiary/aromatic N) is 2. The van der Waals surface area contributed by atoms with E-state index in [1.807, 2.05) is 17.8 Å². The Morgan fingerprint density at radius 3 is 2.41 bits per heavy atom. The maximum atomic E-state index is 12.4. The SMILES string of the molecule is COc1c(Cl)cc(C(=O)Nc2ccc(OCc3nccn3C)cc2)cc1Cl. The van der Waals surface area contributed by atoms with E-state index in [4.69, 9.17) is 32.7 Å². The molecule has 8 heteroatoms. The predicted octanol–water partition coefficient (Wildman–Crippen LogP) is 4.57. The van der Waals surface area contributed by atoms with Crippen molar-refractivity contribution in [3.05, 3.63) is 70.2 Å². The second-order valence-corrected chi connectivity index (χ2v) is 6.51. The molecule has 2 aromatic carbocycles. The van der Waals surface area contributed by atoms with Crippen molar-refractivity contribution in [2.45, 2.75) is 6.61 Å². The van der Waals surface area contributed by atoms with Gasteiger partial charge < -0.3 is 19.4 Å². The Kier molecular flexibility index (Phi) is 5.88. The minimum absolute atomic E-state index is 0.271. The van der Waals surface area contributed by atoms with E-state index in [9.17, 15) is 4.79 Å². The third-order valence-electron chi connectivity index (χ3n) is 3.87. The summed E-state index contributed by atoms with van der Waals surface area (Å²) < 4.78 is 12.7. The van der Waals surface area contributed by atoms with Crippen molar-refractivity contribution >= 4 is 34.8 Å². The molecule has 1 aromatic heterocycles. The fourth-order valence-corrected chi connectivity index (χ4v) is 3.05. The number of ether oxygens (including phenoxy) is 2. The lowest BCUT2D eigenvalue weighted by Gasteiger charge is -2.10. The standard InChI is InChI=1S/C19H17Cl2N3O3/c1-24-8-7-22-17(24)11-27-14-5-3-13(4-6-14)23-19(25)12-9-15(20)18(26-2)16(21)10-12/h3-10H,11H2,1-2H3,(H,23,25). The summed E-state index contributed by atoms with van der Waals surface area (Å²) in [6.45, 7) is 0.359. The van der Waals surface area contributed by atoms with Crippen LogP contribution in [-0.4, -0.2) is 22.6 Å². The summed E-state index contributed by atoms with van der Waals surface area (Å²) in [6.07, 6.45) is 3.57. The second kappa shape index (κ2) is 8.33. The monoisotopic (exact) mass is 405 g/mol. The fraction of sp³-hybridized carbons (Fsp3) is 0.158. The van der Waals surface area contributed by atoms with Crippen LogP contribution in [0.15, 0.2) is 48.8 Å². The number of carbonyl (C=O) groups is 1. The van der Waals surface area contributed by atoms with Crippen LogP contribution in [0.4, 0.5) is 5.69 Å². The van der Waals surface area contributed by atoms with E-state index in [0.717, 1.165) is 5.82 Å². The first kappa shape index (κ1) is 19.1. The van der Waals surface area contributed by atoms with Gasteiger partial charge in [-0.15, -0.1) is 0 Å². The van der Waals surface area contributed by atoms with Gasteiger partial charge in [0.15, 0.2) is 5.75 Å². The minimum atomic E-state index is -0.330. The van der Waals surface area contributed by atoms with Crippen molar-refractivity contribution in [3.8, 4) is 11.5 Å². The van der Waals surface area contributed by atoms with Crippen LogP contribution >= 0.6 is 23.2 Å². The van der Waals surface area contributed by atoms with E-state index in [-0.39, 0.29) is 16.0 Å². The normalized spacial score (nSPS) is 10.5. The molecule has 0 aliphatic carbocycles. The first-order valence-corrected chi connectivity index (χ1v) is 8.77. The first-order chi connectivity index (χ1) is 13.0. The number of rotatable bonds is 6. The fourth-order valence-electron chi connectivity index (χ4n) is 2.41. The van der Waals surface area contributed by atoms with Crippen molar-refractivity contribution < 1.29 is 14.3 Å². The van der Waals surface area contributed by atoms with E-state index >= 15 is 0 Å². The number of imidazole rings is 1. The van der Waals surface area contributed by atoms with Crippen molar-refractivity contribution in [2.75, 3.05) is 12.4 Å². The Morgan fingerprint density at radius 1 is 1.19 bits per heavy atom. The molecule has 27 heavy (non-hydrogen) atoms. The van der Waals surface area contributed by atoms with Gasteiger partial charge in [-0.05, 0) is 36.4 Å². The highest BCUT2D eigenvalue weighted by molar-refractivity contribution is 6.37. The summed E-state index contributed by atoms with van der Waals surface area (Å²) in [5, 5.41) is 3.33. The number of aryl methyl sites for hydroxylation is 1. The Balaban J connectivity index is 1.64. The van der Waals surface area contributed by atoms with Crippen LogP contribution in [0.2, 0.25) is 10.0 Å². The molecule has 0 atom stereocenters. The van der Waals surface area contributed by atoms with Crippen LogP contribution in [0.5, 0.6) is 11.5 Å². The number of hydrogen-bond donors (Lipinski definition) is 1. The largest absolute Gasteiger partial charge is 0.494 e. The van der Waals surface area contributed by atoms with Crippen LogP contribution in [0.25, 0.3) is 0 Å². The molecule has 0 aliphatic rings. The quantitative estimate of drug-likeness (QED) is 0.652. The van der Waals surface area contributed by atoms with Crippen LogP contribution in [0.3, 0.4) is 0 Å². The first-order valence-electron chi connectivity index (χ1n) is 8.01. The van der Waals surface area contributed by atoms with Gasteiger partial charge in [0.2, 0.25) is 0 Å². The minimum Gasteiger partial charge on any atom is -0.494 e. The Hall–Kier alpha value is -2.70. The zero-order chi connectivity index (χ0) is 19.4. The molecular formula is C19H17Cl2N3O3. The highest BCUT2D eigenvalue weighted by Gasteiger charge is 2.14. The number of carbonyl (C=O) groups excluding carboxylic acids is 1. The molecule has 3 aromatic rings. The number of hydrogen-bond acceptors (Lipinski definition) is 4. The van der Waals surface area contributed by atoms with Crippen LogP contribution in [0.1, 0.15) is 16.2 Å². The summed E-state index contributed by atoms with van der Waals surface area (Å²) >= 11 is 12.2. The number of aromatic nitrogens is 2. The highest BCUT2D eigenvalue weighted by atomic mass is 35.5. The van der Waals surface area contributed by atoms with Crippen molar-refractivity contribution in [3.63, 3.8) is 0 Å². The van der Waals surface area contributed by atoms with Crippen molar-refractivity contribution in [1.82, 2.24) is 9.55 Å². The maximum absolute atomic E-state index is 12.4. The Bertz CT molecular complexity index is 932. The van der Waals surface area contributed by atoms with E-state index in [0.29, 0.717) is 29.4 Å². The average molecular weight is 406 g/mol. The van der Waals surface area contributed by atoms with Crippen LogP contribution in [-0.2, 0) is 13.7 Å². The van der Waals surface area contributed by atoms with Gasteiger partial charge in [0.05, 0.1) is 17.2 Å². The summed E-state index contributed by atoms with van der Waals surface area (Å²) in [5.41, 5.74) is 0.952. The number of anilines is 1. The van der Waals surface area contributed by atoms with E-state index in [1.54, 1.807) is 30.5 Å². The molecule has 0 unspecified atom stereocenters. The van der Waals surface area contributed by atoms with Crippen molar-refractivity contribution in [2.24, 2.45) is 7.05 Å². The number of methoxy groups -OCH3 is 1. The third kappa shape index (κ3) is 4.53. The summed E-state index contributed by atoms with van der Waals surface area (Å²) in [6, 6.07) is 10.0. The average Bonchev–Trinajstić information content (AvgIpc) is 3.06. The van der Waals surface area contributed by atoms with Gasteiger partial charge in [0, 0.05) is 30.7 Å². The molecule has 0 spiro atoms. The molecule has 0 fully saturated rings. The summed E-state index contributed by atoms with van der Waals surface area (Å²) in [5.74, 6) is 1.50. The van der Waals surface area contributed by atoms with E-state index in [1.165, 1.54) is 19.2 Å². The molecule has 1 N–H and O–H groups in total. The summed E-state index contributed by atoms with van der Waals surface area (Å²) in [7, 11) is 3.37. The van der Waals surface area contributed by atoms with Gasteiger partial charge in [0.25, 0.3) is 5.91 Å². The van der Waals surface area contributed by atoms with Gasteiger partial charge >= 0.3 is 0 Å². The molecule has 0 bridgehead atoms. The van der Waals surface area contributed by atoms with Gasteiger partial charge in [-0.25, -0.2) is 4.98 Å². The number of nitrogens with one attached hydrogen (secondary N) is 1. The Morgan fingerprint density at radius 2 is 1.85 bits per heavy atom. The topological polar surface area (TPSA) is 65.4 Å². The van der Waals surface area contributed by atoms with Crippen LogP contribution in [0, 0.1) is 0 Å². The van der Waals surface area contributed by atoms with Gasteiger partial charge in [0.1, 0.15) is 18.2 Å². The van der Waals surface area contributed by atoms with Crippen molar-refractivity contribution in [1.29, 1.82) is 0 Å². The lowest BCUT2D eigenvalue weighted by molar-refractivity contribution is 0.102. The molecule has 0 saturated heterocycles. The van der Waals surface area contributed by atoms with Gasteiger partial charge in [-0.1, -0.05) is 23.2 Å². The smallest absolute Gasteiger partial charge is 0.255 e. The molecule has 1 amide bonds. The molecule has 140 valence electrons. The van der Waals surface area contributed by atoms with Gasteiger partial charge in [-0.3, -0.25) is 4.79 Å². The van der Waals surface area contributed by atoms with E-state index < -0.39 is 0 Å². The maximum Gasteiger partial charge on any atom is 0.255 e. The van der Waals surface area contributed by atoms with E-state index in [2.05, 4.69) is 10.3 Å². The lowest BCUT2D eigenvalue weighted by Crippen LogP contribution is -2.12. The number of halogens is 2. The molecule has 6 nitrogen and oxygen atoms in total. The molecule has 0 aliphatic heterocycles. The van der Waals surface area contributed by atoms with Crippen LogP contribution < -0.4 is 14.8 Å². The molecule has 3 rings (SSSR count).